The number of nitrogens with zero attached hydrogens (tertiary/aromatic N) is 2. The molecule has 1 aromatic heterocycles. The average Bonchev–Trinajstić information content (AvgIpc) is 2.78. The zero-order valence-corrected chi connectivity index (χ0v) is 8.45. The molecule has 84 valence electrons. The van der Waals surface area contributed by atoms with Crippen LogP contribution in [-0.4, -0.2) is 16.1 Å². The maximum atomic E-state index is 10.6. The minimum atomic E-state index is -1.21. The number of hydrogen-bond acceptors (Lipinski definition) is 5. The molecule has 0 radical (unpaired) electrons. The summed E-state index contributed by atoms with van der Waals surface area (Å²) in [4.78, 5) is 14.1. The van der Waals surface area contributed by atoms with Gasteiger partial charge in [0.15, 0.2) is 11.4 Å². The monoisotopic (exact) mass is 230 g/mol. The standard InChI is InChI=1S/C11H6N2O4/c12-5-7-3-1-2-4-9(7)17-11-13-8(6-16-11)10(14)15/h1-4,6H,(H,14,15). The van der Waals surface area contributed by atoms with Crippen LogP contribution in [0.4, 0.5) is 0 Å². The van der Waals surface area contributed by atoms with Crippen molar-refractivity contribution in [3.8, 4) is 17.9 Å². The van der Waals surface area contributed by atoms with E-state index in [0.717, 1.165) is 6.26 Å². The largest absolute Gasteiger partial charge is 0.476 e. The van der Waals surface area contributed by atoms with Crippen molar-refractivity contribution < 1.29 is 19.1 Å². The Morgan fingerprint density at radius 3 is 2.88 bits per heavy atom. The van der Waals surface area contributed by atoms with Crippen molar-refractivity contribution in [2.24, 2.45) is 0 Å². The molecule has 0 bridgehead atoms. The number of carboxylic acids is 1. The zero-order valence-electron chi connectivity index (χ0n) is 8.45. The number of carboxylic acid groups (broad SMARTS) is 1. The van der Waals surface area contributed by atoms with Gasteiger partial charge in [-0.05, 0) is 12.1 Å². The van der Waals surface area contributed by atoms with E-state index in [1.807, 2.05) is 6.07 Å². The van der Waals surface area contributed by atoms with Gasteiger partial charge in [0.05, 0.1) is 5.56 Å². The fraction of sp³-hybridized carbons (Fsp3) is 0. The van der Waals surface area contributed by atoms with Crippen molar-refractivity contribution in [3.63, 3.8) is 0 Å². The van der Waals surface area contributed by atoms with Crippen molar-refractivity contribution in [2.45, 2.75) is 0 Å². The summed E-state index contributed by atoms with van der Waals surface area (Å²) in [6, 6.07) is 8.42. The van der Waals surface area contributed by atoms with Crippen LogP contribution in [0, 0.1) is 11.3 Å². The maximum absolute atomic E-state index is 10.6. The van der Waals surface area contributed by atoms with Gasteiger partial charge in [-0.1, -0.05) is 12.1 Å². The van der Waals surface area contributed by atoms with Crippen molar-refractivity contribution in [2.75, 3.05) is 0 Å². The number of aromatic carboxylic acids is 1. The molecule has 0 aliphatic heterocycles. The first-order chi connectivity index (χ1) is 8.20. The van der Waals surface area contributed by atoms with Crippen LogP contribution >= 0.6 is 0 Å². The second-order valence-corrected chi connectivity index (χ2v) is 3.01. The summed E-state index contributed by atoms with van der Waals surface area (Å²) in [5, 5.41) is 17.4. The van der Waals surface area contributed by atoms with Gasteiger partial charge in [0, 0.05) is 0 Å². The van der Waals surface area contributed by atoms with Gasteiger partial charge >= 0.3 is 12.0 Å². The van der Waals surface area contributed by atoms with Crippen LogP contribution in [0.5, 0.6) is 11.8 Å². The summed E-state index contributed by atoms with van der Waals surface area (Å²) >= 11 is 0. The Morgan fingerprint density at radius 1 is 1.47 bits per heavy atom. The topological polar surface area (TPSA) is 96.3 Å². The minimum absolute atomic E-state index is 0.217. The van der Waals surface area contributed by atoms with Crippen LogP contribution in [0.15, 0.2) is 34.9 Å². The highest BCUT2D eigenvalue weighted by Crippen LogP contribution is 2.23. The lowest BCUT2D eigenvalue weighted by Crippen LogP contribution is -1.96. The highest BCUT2D eigenvalue weighted by atomic mass is 16.6. The van der Waals surface area contributed by atoms with Gasteiger partial charge < -0.3 is 14.3 Å². The molecule has 2 rings (SSSR count). The second kappa shape index (κ2) is 4.37. The molecule has 1 N–H and O–H groups in total. The van der Waals surface area contributed by atoms with Crippen molar-refractivity contribution in [1.29, 1.82) is 5.26 Å². The molecule has 0 fully saturated rings. The van der Waals surface area contributed by atoms with Gasteiger partial charge in [0.2, 0.25) is 0 Å². The number of aromatic nitrogens is 1. The smallest absolute Gasteiger partial charge is 0.399 e. The van der Waals surface area contributed by atoms with Crippen LogP contribution in [0.25, 0.3) is 0 Å². The molecule has 0 unspecified atom stereocenters. The zero-order chi connectivity index (χ0) is 12.3. The Labute approximate surface area is 95.7 Å². The Morgan fingerprint density at radius 2 is 2.24 bits per heavy atom. The van der Waals surface area contributed by atoms with Gasteiger partial charge in [0.25, 0.3) is 0 Å². The number of rotatable bonds is 3. The van der Waals surface area contributed by atoms with Crippen molar-refractivity contribution in [1.82, 2.24) is 4.98 Å². The Kier molecular flexibility index (Phi) is 2.75. The summed E-state index contributed by atoms with van der Waals surface area (Å²) in [7, 11) is 0. The lowest BCUT2D eigenvalue weighted by molar-refractivity contribution is 0.0690. The molecule has 2 aromatic rings. The van der Waals surface area contributed by atoms with Crippen molar-refractivity contribution in [3.05, 3.63) is 41.8 Å². The van der Waals surface area contributed by atoms with E-state index in [1.54, 1.807) is 24.3 Å². The quantitative estimate of drug-likeness (QED) is 0.866. The molecule has 6 heteroatoms. The molecule has 0 saturated heterocycles. The molecule has 0 aliphatic rings. The van der Waals surface area contributed by atoms with E-state index in [1.165, 1.54) is 0 Å². The number of carbonyl (C=O) groups is 1. The van der Waals surface area contributed by atoms with Gasteiger partial charge in [-0.25, -0.2) is 4.79 Å². The number of benzene rings is 1. The predicted molar refractivity (Wildman–Crippen MR) is 54.7 cm³/mol. The van der Waals surface area contributed by atoms with E-state index in [-0.39, 0.29) is 17.5 Å². The lowest BCUT2D eigenvalue weighted by Gasteiger charge is -2.01. The number of nitriles is 1. The third-order valence-corrected chi connectivity index (χ3v) is 1.91. The van der Waals surface area contributed by atoms with Crippen molar-refractivity contribution >= 4 is 5.97 Å². The van der Waals surface area contributed by atoms with Crippen LogP contribution in [-0.2, 0) is 0 Å². The van der Waals surface area contributed by atoms with Crippen LogP contribution < -0.4 is 4.74 Å². The van der Waals surface area contributed by atoms with E-state index < -0.39 is 5.97 Å². The molecule has 0 atom stereocenters. The molecular formula is C11H6N2O4. The molecule has 17 heavy (non-hydrogen) atoms. The lowest BCUT2D eigenvalue weighted by atomic mass is 10.2. The molecule has 0 aliphatic carbocycles. The fourth-order valence-corrected chi connectivity index (χ4v) is 1.14. The third-order valence-electron chi connectivity index (χ3n) is 1.91. The number of ether oxygens (including phenoxy) is 1. The molecule has 1 aromatic carbocycles. The normalized spacial score (nSPS) is 9.59. The van der Waals surface area contributed by atoms with Crippen LogP contribution in [0.1, 0.15) is 16.1 Å². The fourth-order valence-electron chi connectivity index (χ4n) is 1.14. The van der Waals surface area contributed by atoms with E-state index in [2.05, 4.69) is 4.98 Å². The molecule has 0 amide bonds. The second-order valence-electron chi connectivity index (χ2n) is 3.01. The van der Waals surface area contributed by atoms with Gasteiger partial charge in [0.1, 0.15) is 12.3 Å². The van der Waals surface area contributed by atoms with E-state index in [4.69, 9.17) is 19.5 Å². The minimum Gasteiger partial charge on any atom is -0.476 e. The highest BCUT2D eigenvalue weighted by molar-refractivity contribution is 5.84. The first kappa shape index (κ1) is 10.7. The molecule has 6 nitrogen and oxygen atoms in total. The van der Waals surface area contributed by atoms with E-state index in [9.17, 15) is 4.79 Å². The molecule has 0 saturated carbocycles. The Bertz CT molecular complexity index is 598. The number of hydrogen-bond donors (Lipinski definition) is 1. The SMILES string of the molecule is N#Cc1ccccc1Oc1nc(C(=O)O)co1. The molecule has 1 heterocycles. The van der Waals surface area contributed by atoms with Crippen LogP contribution in [0.2, 0.25) is 0 Å². The summed E-state index contributed by atoms with van der Waals surface area (Å²) < 4.78 is 9.97. The highest BCUT2D eigenvalue weighted by Gasteiger charge is 2.13. The van der Waals surface area contributed by atoms with E-state index >= 15 is 0 Å². The number of oxazole rings is 1. The van der Waals surface area contributed by atoms with Gasteiger partial charge in [-0.3, -0.25) is 0 Å². The number of para-hydroxylation sites is 1. The summed E-state index contributed by atoms with van der Waals surface area (Å²) in [5.74, 6) is -0.953. The maximum Gasteiger partial charge on any atom is 0.399 e. The van der Waals surface area contributed by atoms with E-state index in [0.29, 0.717) is 5.56 Å². The summed E-state index contributed by atoms with van der Waals surface area (Å²) in [6.07, 6.45) is 0.747. The third kappa shape index (κ3) is 2.23. The molecular weight excluding hydrogens is 224 g/mol. The molecule has 0 spiro atoms. The predicted octanol–water partition coefficient (Wildman–Crippen LogP) is 2.04. The van der Waals surface area contributed by atoms with Crippen LogP contribution in [0.3, 0.4) is 0 Å². The average molecular weight is 230 g/mol. The first-order valence-corrected chi connectivity index (χ1v) is 4.56. The first-order valence-electron chi connectivity index (χ1n) is 4.56. The Balaban J connectivity index is 2.26. The van der Waals surface area contributed by atoms with Gasteiger partial charge in [-0.15, -0.1) is 0 Å². The Hall–Kier alpha value is -2.81. The van der Waals surface area contributed by atoms with Gasteiger partial charge in [-0.2, -0.15) is 10.2 Å². The summed E-state index contributed by atoms with van der Waals surface area (Å²) in [6.45, 7) is 0. The summed E-state index contributed by atoms with van der Waals surface area (Å²) in [5.41, 5.74) is 0.0528.